The molecule has 18 heavy (non-hydrogen) atoms. The number of nitrogens with two attached hydrogens (primary N) is 1. The highest BCUT2D eigenvalue weighted by molar-refractivity contribution is 7.84. The van der Waals surface area contributed by atoms with Crippen molar-refractivity contribution >= 4 is 16.5 Å². The van der Waals surface area contributed by atoms with Crippen molar-refractivity contribution in [3.8, 4) is 0 Å². The lowest BCUT2D eigenvalue weighted by Gasteiger charge is -2.21. The van der Waals surface area contributed by atoms with Gasteiger partial charge >= 0.3 is 0 Å². The van der Waals surface area contributed by atoms with E-state index in [9.17, 15) is 4.21 Å². The third-order valence-electron chi connectivity index (χ3n) is 3.88. The second-order valence-electron chi connectivity index (χ2n) is 5.21. The van der Waals surface area contributed by atoms with E-state index in [1.807, 2.05) is 13.8 Å². The van der Waals surface area contributed by atoms with Gasteiger partial charge in [0.1, 0.15) is 0 Å². The highest BCUT2D eigenvalue weighted by Crippen LogP contribution is 2.25. The summed E-state index contributed by atoms with van der Waals surface area (Å²) in [5, 5.41) is 0.363. The van der Waals surface area contributed by atoms with Crippen LogP contribution in [-0.4, -0.2) is 14.4 Å². The molecule has 100 valence electrons. The van der Waals surface area contributed by atoms with Crippen LogP contribution in [0.5, 0.6) is 0 Å². The van der Waals surface area contributed by atoms with E-state index in [0.29, 0.717) is 11.0 Å². The molecule has 1 aromatic heterocycles. The SMILES string of the molecule is Cc1cnc(CS(=O)C2CCCCC2)c(C)c1N. The van der Waals surface area contributed by atoms with Gasteiger partial charge in [-0.05, 0) is 37.8 Å². The first-order chi connectivity index (χ1) is 8.59. The summed E-state index contributed by atoms with van der Waals surface area (Å²) in [6.07, 6.45) is 7.73. The van der Waals surface area contributed by atoms with Crippen LogP contribution in [0.25, 0.3) is 0 Å². The standard InChI is InChI=1S/C14H22N2OS/c1-10-8-16-13(11(2)14(10)15)9-18(17)12-6-4-3-5-7-12/h8,12H,3-7,9H2,1-2H3,(H2,15,16). The van der Waals surface area contributed by atoms with Gasteiger partial charge in [-0.1, -0.05) is 19.3 Å². The quantitative estimate of drug-likeness (QED) is 0.915. The van der Waals surface area contributed by atoms with E-state index in [1.165, 1.54) is 19.3 Å². The lowest BCUT2D eigenvalue weighted by molar-refractivity contribution is 0.504. The number of rotatable bonds is 3. The highest BCUT2D eigenvalue weighted by atomic mass is 32.2. The molecule has 0 bridgehead atoms. The molecule has 2 N–H and O–H groups in total. The predicted molar refractivity (Wildman–Crippen MR) is 76.8 cm³/mol. The third kappa shape index (κ3) is 2.91. The van der Waals surface area contributed by atoms with Crippen molar-refractivity contribution in [1.82, 2.24) is 4.98 Å². The molecule has 1 aliphatic rings. The first-order valence-electron chi connectivity index (χ1n) is 6.67. The Morgan fingerprint density at radius 2 is 2.00 bits per heavy atom. The molecule has 1 fully saturated rings. The first-order valence-corrected chi connectivity index (χ1v) is 8.05. The predicted octanol–water partition coefficient (Wildman–Crippen LogP) is 2.86. The molecule has 1 saturated carbocycles. The zero-order valence-electron chi connectivity index (χ0n) is 11.2. The van der Waals surface area contributed by atoms with Crippen molar-refractivity contribution in [1.29, 1.82) is 0 Å². The Morgan fingerprint density at radius 3 is 2.67 bits per heavy atom. The van der Waals surface area contributed by atoms with Crippen LogP contribution in [0.15, 0.2) is 6.20 Å². The summed E-state index contributed by atoms with van der Waals surface area (Å²) in [6, 6.07) is 0. The van der Waals surface area contributed by atoms with Crippen molar-refractivity contribution in [2.45, 2.75) is 57.0 Å². The molecule has 0 saturated heterocycles. The fourth-order valence-corrected chi connectivity index (χ4v) is 4.17. The summed E-state index contributed by atoms with van der Waals surface area (Å²) in [5.74, 6) is 0.557. The number of nitrogens with zero attached hydrogens (tertiary/aromatic N) is 1. The zero-order chi connectivity index (χ0) is 13.1. The van der Waals surface area contributed by atoms with E-state index >= 15 is 0 Å². The van der Waals surface area contributed by atoms with Gasteiger partial charge in [0.25, 0.3) is 0 Å². The van der Waals surface area contributed by atoms with Crippen LogP contribution >= 0.6 is 0 Å². The van der Waals surface area contributed by atoms with Crippen molar-refractivity contribution in [2.24, 2.45) is 0 Å². The maximum Gasteiger partial charge on any atom is 0.0665 e. The zero-order valence-corrected chi connectivity index (χ0v) is 12.1. The molecule has 1 atom stereocenters. The fraction of sp³-hybridized carbons (Fsp3) is 0.643. The normalized spacial score (nSPS) is 18.8. The van der Waals surface area contributed by atoms with Gasteiger partial charge in [0.05, 0.1) is 11.4 Å². The number of pyridine rings is 1. The second kappa shape index (κ2) is 5.83. The molecule has 0 amide bonds. The van der Waals surface area contributed by atoms with Crippen LogP contribution < -0.4 is 5.73 Å². The van der Waals surface area contributed by atoms with Crippen molar-refractivity contribution in [3.05, 3.63) is 23.0 Å². The van der Waals surface area contributed by atoms with Gasteiger partial charge in [0.2, 0.25) is 0 Å². The molecule has 1 aliphatic carbocycles. The lowest BCUT2D eigenvalue weighted by atomic mass is 10.0. The minimum absolute atomic E-state index is 0.363. The lowest BCUT2D eigenvalue weighted by Crippen LogP contribution is -2.20. The van der Waals surface area contributed by atoms with E-state index < -0.39 is 10.8 Å². The average molecular weight is 266 g/mol. The summed E-state index contributed by atoms with van der Waals surface area (Å²) in [5.41, 5.74) is 9.69. The smallest absolute Gasteiger partial charge is 0.0665 e. The molecule has 0 radical (unpaired) electrons. The van der Waals surface area contributed by atoms with Crippen molar-refractivity contribution in [3.63, 3.8) is 0 Å². The van der Waals surface area contributed by atoms with Crippen LogP contribution in [0.4, 0.5) is 5.69 Å². The van der Waals surface area contributed by atoms with Gasteiger partial charge in [-0.15, -0.1) is 0 Å². The first kappa shape index (κ1) is 13.5. The molecule has 1 unspecified atom stereocenters. The van der Waals surface area contributed by atoms with E-state index in [0.717, 1.165) is 35.3 Å². The van der Waals surface area contributed by atoms with Crippen LogP contribution in [0.2, 0.25) is 0 Å². The third-order valence-corrected chi connectivity index (χ3v) is 5.65. The number of anilines is 1. The Balaban J connectivity index is 2.09. The Hall–Kier alpha value is -0.900. The van der Waals surface area contributed by atoms with Gasteiger partial charge < -0.3 is 5.73 Å². The Bertz CT molecular complexity index is 453. The van der Waals surface area contributed by atoms with Crippen molar-refractivity contribution < 1.29 is 4.21 Å². The molecule has 0 aliphatic heterocycles. The number of aromatic nitrogens is 1. The largest absolute Gasteiger partial charge is 0.398 e. The average Bonchev–Trinajstić information content (AvgIpc) is 2.40. The highest BCUT2D eigenvalue weighted by Gasteiger charge is 2.21. The number of aryl methyl sites for hydroxylation is 1. The van der Waals surface area contributed by atoms with Crippen LogP contribution in [0, 0.1) is 13.8 Å². The molecule has 1 heterocycles. The second-order valence-corrected chi connectivity index (χ2v) is 6.93. The Labute approximate surface area is 112 Å². The maximum atomic E-state index is 12.3. The van der Waals surface area contributed by atoms with Crippen LogP contribution in [0.1, 0.15) is 48.9 Å². The molecule has 3 nitrogen and oxygen atoms in total. The fourth-order valence-electron chi connectivity index (χ4n) is 2.52. The molecule has 0 aromatic carbocycles. The Kier molecular flexibility index (Phi) is 4.38. The molecule has 1 aromatic rings. The van der Waals surface area contributed by atoms with Gasteiger partial charge in [0.15, 0.2) is 0 Å². The molecular formula is C14H22N2OS. The monoisotopic (exact) mass is 266 g/mol. The van der Waals surface area contributed by atoms with E-state index in [2.05, 4.69) is 4.98 Å². The maximum absolute atomic E-state index is 12.3. The minimum atomic E-state index is -0.801. The van der Waals surface area contributed by atoms with E-state index in [-0.39, 0.29) is 0 Å². The van der Waals surface area contributed by atoms with E-state index in [4.69, 9.17) is 5.73 Å². The molecule has 2 rings (SSSR count). The topological polar surface area (TPSA) is 56.0 Å². The summed E-state index contributed by atoms with van der Waals surface area (Å²) >= 11 is 0. The minimum Gasteiger partial charge on any atom is -0.398 e. The summed E-state index contributed by atoms with van der Waals surface area (Å²) in [7, 11) is -0.801. The van der Waals surface area contributed by atoms with Crippen molar-refractivity contribution in [2.75, 3.05) is 5.73 Å². The molecular weight excluding hydrogens is 244 g/mol. The van der Waals surface area contributed by atoms with Gasteiger partial charge in [-0.3, -0.25) is 9.19 Å². The summed E-state index contributed by atoms with van der Waals surface area (Å²) in [4.78, 5) is 4.40. The van der Waals surface area contributed by atoms with Crippen LogP contribution in [0.3, 0.4) is 0 Å². The number of hydrogen-bond donors (Lipinski definition) is 1. The molecule has 0 spiro atoms. The number of nitrogen functional groups attached to an aromatic ring is 1. The Morgan fingerprint density at radius 1 is 1.33 bits per heavy atom. The van der Waals surface area contributed by atoms with Crippen LogP contribution in [-0.2, 0) is 16.6 Å². The molecule has 4 heteroatoms. The summed E-state index contributed by atoms with van der Waals surface area (Å²) in [6.45, 7) is 3.93. The van der Waals surface area contributed by atoms with Gasteiger partial charge in [0, 0.05) is 27.9 Å². The summed E-state index contributed by atoms with van der Waals surface area (Å²) < 4.78 is 12.3. The van der Waals surface area contributed by atoms with Gasteiger partial charge in [-0.25, -0.2) is 0 Å². The van der Waals surface area contributed by atoms with Gasteiger partial charge in [-0.2, -0.15) is 0 Å². The van der Waals surface area contributed by atoms with E-state index in [1.54, 1.807) is 6.20 Å². The number of hydrogen-bond acceptors (Lipinski definition) is 3.